The summed E-state index contributed by atoms with van der Waals surface area (Å²) in [7, 11) is 0. The maximum absolute atomic E-state index is 12.5. The van der Waals surface area contributed by atoms with E-state index in [2.05, 4.69) is 16.4 Å². The zero-order chi connectivity index (χ0) is 16.4. The summed E-state index contributed by atoms with van der Waals surface area (Å²) in [5.74, 6) is -0.333. The molecule has 0 spiro atoms. The number of esters is 1. The van der Waals surface area contributed by atoms with E-state index in [-0.39, 0.29) is 18.1 Å². The van der Waals surface area contributed by atoms with Crippen LogP contribution in [0.25, 0.3) is 0 Å². The number of halogens is 3. The van der Waals surface area contributed by atoms with Gasteiger partial charge in [0.1, 0.15) is 0 Å². The van der Waals surface area contributed by atoms with Gasteiger partial charge in [-0.05, 0) is 49.4 Å². The van der Waals surface area contributed by atoms with E-state index in [1.54, 1.807) is 0 Å². The second kappa shape index (κ2) is 6.46. The van der Waals surface area contributed by atoms with Crippen molar-refractivity contribution in [3.63, 3.8) is 0 Å². The standard InChI is InChI=1S/C15H18F3N3O2/c16-15(17,18)11-4-2-10(3-5-11)14(22)23-8-9-1-6-12-13(7-9)20-21-19-12/h2-5,9,12-13,19-21H,1,6-8H2. The molecule has 2 aliphatic rings. The monoisotopic (exact) mass is 329 g/mol. The molecule has 3 rings (SSSR count). The number of hydrogen-bond donors (Lipinski definition) is 3. The van der Waals surface area contributed by atoms with E-state index in [4.69, 9.17) is 4.74 Å². The average Bonchev–Trinajstić information content (AvgIpc) is 2.99. The highest BCUT2D eigenvalue weighted by molar-refractivity contribution is 5.89. The number of fused-ring (bicyclic) bond motifs is 1. The number of rotatable bonds is 3. The van der Waals surface area contributed by atoms with Gasteiger partial charge in [-0.25, -0.2) is 15.6 Å². The van der Waals surface area contributed by atoms with Crippen molar-refractivity contribution >= 4 is 5.97 Å². The highest BCUT2D eigenvalue weighted by atomic mass is 19.4. The first kappa shape index (κ1) is 16.2. The van der Waals surface area contributed by atoms with Crippen molar-refractivity contribution in [3.05, 3.63) is 35.4 Å². The largest absolute Gasteiger partial charge is 0.462 e. The van der Waals surface area contributed by atoms with E-state index in [1.807, 2.05) is 0 Å². The Morgan fingerprint density at radius 1 is 1.13 bits per heavy atom. The van der Waals surface area contributed by atoms with Crippen molar-refractivity contribution in [1.82, 2.24) is 16.4 Å². The number of carbonyl (C=O) groups is 1. The van der Waals surface area contributed by atoms with Gasteiger partial charge in [0, 0.05) is 12.1 Å². The van der Waals surface area contributed by atoms with Gasteiger partial charge in [-0.1, -0.05) is 0 Å². The summed E-state index contributed by atoms with van der Waals surface area (Å²) >= 11 is 0. The van der Waals surface area contributed by atoms with E-state index in [1.165, 1.54) is 0 Å². The molecule has 1 aliphatic carbocycles. The van der Waals surface area contributed by atoms with Gasteiger partial charge < -0.3 is 4.74 Å². The summed E-state index contributed by atoms with van der Waals surface area (Å²) in [5.41, 5.74) is 8.50. The molecule has 0 amide bonds. The Bertz CT molecular complexity index is 562. The van der Waals surface area contributed by atoms with Crippen LogP contribution in [-0.4, -0.2) is 24.7 Å². The number of alkyl halides is 3. The van der Waals surface area contributed by atoms with Crippen LogP contribution in [0.2, 0.25) is 0 Å². The molecule has 5 nitrogen and oxygen atoms in total. The highest BCUT2D eigenvalue weighted by Crippen LogP contribution is 2.29. The van der Waals surface area contributed by atoms with Crippen LogP contribution in [0.3, 0.4) is 0 Å². The van der Waals surface area contributed by atoms with Crippen LogP contribution < -0.4 is 16.4 Å². The summed E-state index contributed by atoms with van der Waals surface area (Å²) in [6.45, 7) is 0.282. The second-order valence-electron chi connectivity index (χ2n) is 5.98. The van der Waals surface area contributed by atoms with Crippen LogP contribution in [-0.2, 0) is 10.9 Å². The molecule has 23 heavy (non-hydrogen) atoms. The molecule has 3 atom stereocenters. The maximum Gasteiger partial charge on any atom is 0.416 e. The van der Waals surface area contributed by atoms with E-state index < -0.39 is 17.7 Å². The van der Waals surface area contributed by atoms with Gasteiger partial charge >= 0.3 is 12.1 Å². The molecule has 1 heterocycles. The Hall–Kier alpha value is -1.64. The molecule has 3 unspecified atom stereocenters. The first-order valence-electron chi connectivity index (χ1n) is 7.54. The zero-order valence-corrected chi connectivity index (χ0v) is 12.3. The van der Waals surface area contributed by atoms with Crippen molar-refractivity contribution in [2.24, 2.45) is 5.92 Å². The van der Waals surface area contributed by atoms with Gasteiger partial charge in [0.25, 0.3) is 0 Å². The molecule has 8 heteroatoms. The van der Waals surface area contributed by atoms with Gasteiger partial charge in [0.05, 0.1) is 17.7 Å². The zero-order valence-electron chi connectivity index (χ0n) is 12.3. The quantitative estimate of drug-likeness (QED) is 0.741. The van der Waals surface area contributed by atoms with Crippen LogP contribution in [0.5, 0.6) is 0 Å². The molecular weight excluding hydrogens is 311 g/mol. The minimum absolute atomic E-state index is 0.133. The number of carbonyl (C=O) groups excluding carboxylic acids is 1. The van der Waals surface area contributed by atoms with Crippen molar-refractivity contribution in [2.45, 2.75) is 37.5 Å². The third-order valence-corrected chi connectivity index (χ3v) is 4.37. The minimum atomic E-state index is -4.41. The molecule has 1 aliphatic heterocycles. The third-order valence-electron chi connectivity index (χ3n) is 4.37. The van der Waals surface area contributed by atoms with Crippen molar-refractivity contribution in [2.75, 3.05) is 6.61 Å². The molecule has 1 aromatic rings. The Morgan fingerprint density at radius 3 is 2.52 bits per heavy atom. The van der Waals surface area contributed by atoms with E-state index in [9.17, 15) is 18.0 Å². The summed E-state index contributed by atoms with van der Waals surface area (Å²) in [6, 6.07) is 4.77. The Kier molecular flexibility index (Phi) is 4.56. The predicted octanol–water partition coefficient (Wildman–Crippen LogP) is 2.01. The topological polar surface area (TPSA) is 62.4 Å². The fourth-order valence-electron chi connectivity index (χ4n) is 3.04. The minimum Gasteiger partial charge on any atom is -0.462 e. The maximum atomic E-state index is 12.5. The summed E-state index contributed by atoms with van der Waals surface area (Å²) in [6.07, 6.45) is -1.60. The molecule has 2 fully saturated rings. The van der Waals surface area contributed by atoms with E-state index in [0.29, 0.717) is 12.1 Å². The van der Waals surface area contributed by atoms with Crippen LogP contribution in [0.15, 0.2) is 24.3 Å². The molecule has 1 saturated carbocycles. The summed E-state index contributed by atoms with van der Waals surface area (Å²) in [5, 5.41) is 0. The summed E-state index contributed by atoms with van der Waals surface area (Å²) < 4.78 is 42.7. The van der Waals surface area contributed by atoms with Crippen LogP contribution in [0, 0.1) is 5.92 Å². The van der Waals surface area contributed by atoms with Crippen LogP contribution >= 0.6 is 0 Å². The molecule has 1 aromatic carbocycles. The lowest BCUT2D eigenvalue weighted by molar-refractivity contribution is -0.137. The molecule has 3 N–H and O–H groups in total. The first-order valence-corrected chi connectivity index (χ1v) is 7.54. The van der Waals surface area contributed by atoms with Gasteiger partial charge in [-0.15, -0.1) is 0 Å². The van der Waals surface area contributed by atoms with Crippen molar-refractivity contribution in [3.8, 4) is 0 Å². The Labute approximate surface area is 131 Å². The lowest BCUT2D eigenvalue weighted by atomic mass is 9.83. The smallest absolute Gasteiger partial charge is 0.416 e. The molecule has 1 saturated heterocycles. The molecule has 0 radical (unpaired) electrons. The molecular formula is C15H18F3N3O2. The second-order valence-corrected chi connectivity index (χ2v) is 5.98. The van der Waals surface area contributed by atoms with Gasteiger partial charge in [0.15, 0.2) is 0 Å². The number of hydrazine groups is 2. The number of nitrogens with one attached hydrogen (secondary N) is 3. The van der Waals surface area contributed by atoms with Gasteiger partial charge in [0.2, 0.25) is 0 Å². The Morgan fingerprint density at radius 2 is 1.83 bits per heavy atom. The fourth-order valence-corrected chi connectivity index (χ4v) is 3.04. The van der Waals surface area contributed by atoms with Gasteiger partial charge in [-0.2, -0.15) is 18.7 Å². The normalized spacial score (nSPS) is 27.5. The highest BCUT2D eigenvalue weighted by Gasteiger charge is 2.34. The van der Waals surface area contributed by atoms with Crippen molar-refractivity contribution in [1.29, 1.82) is 0 Å². The van der Waals surface area contributed by atoms with Gasteiger partial charge in [-0.3, -0.25) is 0 Å². The first-order chi connectivity index (χ1) is 10.9. The lowest BCUT2D eigenvalue weighted by Gasteiger charge is -2.29. The number of hydrogen-bond acceptors (Lipinski definition) is 5. The fraction of sp³-hybridized carbons (Fsp3) is 0.533. The Balaban J connectivity index is 1.51. The third kappa shape index (κ3) is 3.82. The predicted molar refractivity (Wildman–Crippen MR) is 76.1 cm³/mol. The summed E-state index contributed by atoms with van der Waals surface area (Å²) in [4.78, 5) is 11.9. The number of benzene rings is 1. The van der Waals surface area contributed by atoms with Crippen molar-refractivity contribution < 1.29 is 22.7 Å². The molecule has 0 bridgehead atoms. The SMILES string of the molecule is O=C(OCC1CCC2NNNC2C1)c1ccc(C(F)(F)F)cc1. The van der Waals surface area contributed by atoms with Crippen LogP contribution in [0.1, 0.15) is 35.2 Å². The number of ether oxygens (including phenoxy) is 1. The molecule has 0 aromatic heterocycles. The lowest BCUT2D eigenvalue weighted by Crippen LogP contribution is -2.40. The molecule has 126 valence electrons. The average molecular weight is 329 g/mol. The van der Waals surface area contributed by atoms with E-state index >= 15 is 0 Å². The van der Waals surface area contributed by atoms with Crippen LogP contribution in [0.4, 0.5) is 13.2 Å². The van der Waals surface area contributed by atoms with E-state index in [0.717, 1.165) is 43.5 Å².